The molecule has 0 aliphatic rings. The van der Waals surface area contributed by atoms with Crippen molar-refractivity contribution in [1.29, 1.82) is 0 Å². The number of carbonyl (C=O) groups is 1. The number of benzene rings is 1. The molecule has 1 rings (SSSR count). The molecule has 3 heteroatoms. The molecule has 0 saturated carbocycles. The molecule has 0 fully saturated rings. The van der Waals surface area contributed by atoms with Gasteiger partial charge in [0.05, 0.1) is 6.61 Å². The first-order valence-corrected chi connectivity index (χ1v) is 5.33. The van der Waals surface area contributed by atoms with E-state index in [0.717, 1.165) is 12.8 Å². The number of unbranched alkanes of at least 4 members (excludes halogenated alkanes) is 1. The van der Waals surface area contributed by atoms with Gasteiger partial charge in [-0.2, -0.15) is 0 Å². The Balaban J connectivity index is 2.47. The van der Waals surface area contributed by atoms with Crippen molar-refractivity contribution in [2.45, 2.75) is 19.8 Å². The minimum atomic E-state index is -0.434. The van der Waals surface area contributed by atoms with Gasteiger partial charge in [-0.25, -0.2) is 9.18 Å². The molecule has 1 aromatic carbocycles. The van der Waals surface area contributed by atoms with Gasteiger partial charge in [0.1, 0.15) is 5.82 Å². The first-order valence-electron chi connectivity index (χ1n) is 5.33. The summed E-state index contributed by atoms with van der Waals surface area (Å²) in [5.41, 5.74) is 0.384. The van der Waals surface area contributed by atoms with Gasteiger partial charge in [-0.3, -0.25) is 0 Å². The van der Waals surface area contributed by atoms with Crippen LogP contribution in [0.15, 0.2) is 30.3 Å². The lowest BCUT2D eigenvalue weighted by molar-refractivity contribution is -0.137. The van der Waals surface area contributed by atoms with E-state index < -0.39 is 5.97 Å². The highest BCUT2D eigenvalue weighted by Crippen LogP contribution is 2.08. The van der Waals surface area contributed by atoms with Crippen LogP contribution in [0.25, 0.3) is 6.08 Å². The lowest BCUT2D eigenvalue weighted by Gasteiger charge is -1.99. The van der Waals surface area contributed by atoms with Gasteiger partial charge in [0.25, 0.3) is 0 Å². The summed E-state index contributed by atoms with van der Waals surface area (Å²) >= 11 is 0. The fraction of sp³-hybridized carbons (Fsp3) is 0.308. The summed E-state index contributed by atoms with van der Waals surface area (Å²) in [5, 5.41) is 0. The summed E-state index contributed by atoms with van der Waals surface area (Å²) in [6.45, 7) is 2.43. The van der Waals surface area contributed by atoms with Crippen LogP contribution in [-0.4, -0.2) is 12.6 Å². The Bertz CT molecular complexity index is 372. The number of halogens is 1. The van der Waals surface area contributed by atoms with E-state index in [0.29, 0.717) is 12.2 Å². The van der Waals surface area contributed by atoms with Crippen molar-refractivity contribution in [3.8, 4) is 0 Å². The maximum atomic E-state index is 13.1. The zero-order chi connectivity index (χ0) is 11.8. The molecule has 0 aliphatic carbocycles. The molecule has 0 spiro atoms. The summed E-state index contributed by atoms with van der Waals surface area (Å²) < 4.78 is 18.0. The predicted molar refractivity (Wildman–Crippen MR) is 61.3 cm³/mol. The molecule has 2 nitrogen and oxygen atoms in total. The van der Waals surface area contributed by atoms with Crippen molar-refractivity contribution in [3.63, 3.8) is 0 Å². The number of rotatable bonds is 5. The molecular weight excluding hydrogens is 207 g/mol. The number of hydrogen-bond donors (Lipinski definition) is 0. The third kappa shape index (κ3) is 4.26. The van der Waals surface area contributed by atoms with Gasteiger partial charge in [0, 0.05) is 11.6 Å². The topological polar surface area (TPSA) is 26.3 Å². The van der Waals surface area contributed by atoms with Crippen LogP contribution in [0.5, 0.6) is 0 Å². The number of carbonyl (C=O) groups excluding carboxylic acids is 1. The lowest BCUT2D eigenvalue weighted by Crippen LogP contribution is -2.01. The first-order chi connectivity index (χ1) is 7.74. The largest absolute Gasteiger partial charge is 0.463 e. The van der Waals surface area contributed by atoms with Crippen LogP contribution in [0.2, 0.25) is 0 Å². The molecule has 0 heterocycles. The van der Waals surface area contributed by atoms with Crippen LogP contribution in [-0.2, 0) is 9.53 Å². The van der Waals surface area contributed by atoms with Crippen molar-refractivity contribution in [1.82, 2.24) is 0 Å². The van der Waals surface area contributed by atoms with Gasteiger partial charge in [-0.15, -0.1) is 0 Å². The third-order valence-electron chi connectivity index (χ3n) is 2.05. The Morgan fingerprint density at radius 1 is 1.44 bits per heavy atom. The van der Waals surface area contributed by atoms with E-state index in [9.17, 15) is 9.18 Å². The molecule has 0 amide bonds. The molecule has 1 aromatic rings. The fourth-order valence-electron chi connectivity index (χ4n) is 1.13. The Labute approximate surface area is 94.7 Å². The molecule has 0 unspecified atom stereocenters. The van der Waals surface area contributed by atoms with E-state index in [2.05, 4.69) is 0 Å². The van der Waals surface area contributed by atoms with Crippen LogP contribution < -0.4 is 0 Å². The van der Waals surface area contributed by atoms with Crippen molar-refractivity contribution >= 4 is 12.0 Å². The van der Waals surface area contributed by atoms with E-state index in [4.69, 9.17) is 4.74 Å². The van der Waals surface area contributed by atoms with Crippen LogP contribution >= 0.6 is 0 Å². The zero-order valence-corrected chi connectivity index (χ0v) is 9.28. The monoisotopic (exact) mass is 222 g/mol. The maximum absolute atomic E-state index is 13.1. The third-order valence-corrected chi connectivity index (χ3v) is 2.05. The molecule has 0 aliphatic heterocycles. The summed E-state index contributed by atoms with van der Waals surface area (Å²) in [5.74, 6) is -0.781. The molecule has 0 atom stereocenters. The van der Waals surface area contributed by atoms with Gasteiger partial charge < -0.3 is 4.74 Å². The minimum Gasteiger partial charge on any atom is -0.463 e. The Kier molecular flexibility index (Phi) is 5.26. The molecule has 16 heavy (non-hydrogen) atoms. The molecule has 0 saturated heterocycles. The highest BCUT2D eigenvalue weighted by atomic mass is 19.1. The summed E-state index contributed by atoms with van der Waals surface area (Å²) in [7, 11) is 0. The van der Waals surface area contributed by atoms with Gasteiger partial charge in [-0.1, -0.05) is 31.5 Å². The number of ether oxygens (including phenoxy) is 1. The molecule has 0 radical (unpaired) electrons. The minimum absolute atomic E-state index is 0.347. The zero-order valence-electron chi connectivity index (χ0n) is 9.28. The lowest BCUT2D eigenvalue weighted by atomic mass is 10.2. The van der Waals surface area contributed by atoms with Crippen LogP contribution in [0.3, 0.4) is 0 Å². The summed E-state index contributed by atoms with van der Waals surface area (Å²) in [4.78, 5) is 11.2. The number of hydrogen-bond acceptors (Lipinski definition) is 2. The second kappa shape index (κ2) is 6.77. The molecule has 0 bridgehead atoms. The van der Waals surface area contributed by atoms with Gasteiger partial charge in [0.15, 0.2) is 0 Å². The fourth-order valence-corrected chi connectivity index (χ4v) is 1.13. The summed E-state index contributed by atoms with van der Waals surface area (Å²) in [6.07, 6.45) is 4.49. The van der Waals surface area contributed by atoms with Crippen molar-refractivity contribution in [3.05, 3.63) is 41.7 Å². The van der Waals surface area contributed by atoms with Crippen LogP contribution in [0, 0.1) is 5.82 Å². The average molecular weight is 222 g/mol. The first kappa shape index (κ1) is 12.4. The molecular formula is C13H15FO2. The van der Waals surface area contributed by atoms with E-state index in [1.807, 2.05) is 6.92 Å². The van der Waals surface area contributed by atoms with E-state index >= 15 is 0 Å². The van der Waals surface area contributed by atoms with Crippen LogP contribution in [0.1, 0.15) is 25.3 Å². The highest BCUT2D eigenvalue weighted by Gasteiger charge is 1.98. The Morgan fingerprint density at radius 3 is 2.88 bits per heavy atom. The van der Waals surface area contributed by atoms with Crippen molar-refractivity contribution < 1.29 is 13.9 Å². The van der Waals surface area contributed by atoms with Crippen LogP contribution in [0.4, 0.5) is 4.39 Å². The Hall–Kier alpha value is -1.64. The smallest absolute Gasteiger partial charge is 0.330 e. The van der Waals surface area contributed by atoms with E-state index in [1.165, 1.54) is 18.2 Å². The van der Waals surface area contributed by atoms with Gasteiger partial charge in [0.2, 0.25) is 0 Å². The molecule has 0 N–H and O–H groups in total. The SMILES string of the molecule is CCCCOC(=O)/C=C/c1ccccc1F. The quantitative estimate of drug-likeness (QED) is 0.434. The standard InChI is InChI=1S/C13H15FO2/c1-2-3-10-16-13(15)9-8-11-6-4-5-7-12(11)14/h4-9H,2-3,10H2,1H3/b9-8+. The van der Waals surface area contributed by atoms with E-state index in [-0.39, 0.29) is 5.82 Å². The molecule has 0 aromatic heterocycles. The normalized spacial score (nSPS) is 10.6. The maximum Gasteiger partial charge on any atom is 0.330 e. The average Bonchev–Trinajstić information content (AvgIpc) is 2.28. The summed E-state index contributed by atoms with van der Waals surface area (Å²) in [6, 6.07) is 6.27. The van der Waals surface area contributed by atoms with Crippen molar-refractivity contribution in [2.75, 3.05) is 6.61 Å². The second-order valence-electron chi connectivity index (χ2n) is 3.38. The van der Waals surface area contributed by atoms with Gasteiger partial charge in [-0.05, 0) is 18.6 Å². The predicted octanol–water partition coefficient (Wildman–Crippen LogP) is 3.18. The van der Waals surface area contributed by atoms with Gasteiger partial charge >= 0.3 is 5.97 Å². The van der Waals surface area contributed by atoms with Crippen molar-refractivity contribution in [2.24, 2.45) is 0 Å². The molecule has 86 valence electrons. The Morgan fingerprint density at radius 2 is 2.19 bits per heavy atom. The highest BCUT2D eigenvalue weighted by molar-refractivity contribution is 5.87. The second-order valence-corrected chi connectivity index (χ2v) is 3.38. The number of esters is 1. The van der Waals surface area contributed by atoms with E-state index in [1.54, 1.807) is 18.2 Å².